The van der Waals surface area contributed by atoms with Crippen LogP contribution in [0, 0.1) is 0 Å². The molecular formula is C9H16N4O2S. The molecule has 0 spiro atoms. The van der Waals surface area contributed by atoms with E-state index < -0.39 is 10.0 Å². The lowest BCUT2D eigenvalue weighted by molar-refractivity contribution is 0.246. The monoisotopic (exact) mass is 244 g/mol. The van der Waals surface area contributed by atoms with Crippen molar-refractivity contribution < 1.29 is 8.42 Å². The van der Waals surface area contributed by atoms with Crippen LogP contribution in [0.15, 0.2) is 17.3 Å². The number of nitrogens with two attached hydrogens (primary N) is 1. The number of piperidine rings is 1. The Morgan fingerprint density at radius 1 is 1.62 bits per heavy atom. The summed E-state index contributed by atoms with van der Waals surface area (Å²) in [7, 11) is -3.43. The molecule has 0 bridgehead atoms. The van der Waals surface area contributed by atoms with Gasteiger partial charge in [-0.3, -0.25) is 5.10 Å². The summed E-state index contributed by atoms with van der Waals surface area (Å²) in [5, 5.41) is 6.31. The zero-order valence-corrected chi connectivity index (χ0v) is 9.94. The van der Waals surface area contributed by atoms with Gasteiger partial charge in [0.2, 0.25) is 0 Å². The highest BCUT2D eigenvalue weighted by atomic mass is 32.2. The first-order valence-corrected chi connectivity index (χ1v) is 6.72. The molecule has 1 saturated heterocycles. The van der Waals surface area contributed by atoms with E-state index in [1.807, 2.05) is 6.92 Å². The molecule has 3 N–H and O–H groups in total. The van der Waals surface area contributed by atoms with Gasteiger partial charge in [-0.2, -0.15) is 9.40 Å². The van der Waals surface area contributed by atoms with E-state index >= 15 is 0 Å². The highest BCUT2D eigenvalue weighted by Gasteiger charge is 2.33. The molecule has 0 radical (unpaired) electrons. The molecule has 90 valence electrons. The molecule has 1 aliphatic heterocycles. The van der Waals surface area contributed by atoms with Crippen molar-refractivity contribution in [2.75, 3.05) is 6.54 Å². The number of aromatic nitrogens is 2. The Labute approximate surface area is 94.9 Å². The molecule has 2 atom stereocenters. The molecule has 6 nitrogen and oxygen atoms in total. The third-order valence-electron chi connectivity index (χ3n) is 2.92. The number of sulfonamides is 1. The maximum Gasteiger partial charge on any atom is 0.260 e. The van der Waals surface area contributed by atoms with E-state index in [1.165, 1.54) is 16.6 Å². The van der Waals surface area contributed by atoms with E-state index in [1.54, 1.807) is 0 Å². The van der Waals surface area contributed by atoms with Crippen molar-refractivity contribution in [2.24, 2.45) is 5.73 Å². The zero-order valence-electron chi connectivity index (χ0n) is 9.13. The average molecular weight is 244 g/mol. The Balaban J connectivity index is 2.25. The lowest BCUT2D eigenvalue weighted by atomic mass is 10.0. The average Bonchev–Trinajstić information content (AvgIpc) is 2.69. The van der Waals surface area contributed by atoms with Crippen LogP contribution in [0.2, 0.25) is 0 Å². The largest absolute Gasteiger partial charge is 0.328 e. The minimum Gasteiger partial charge on any atom is -0.328 e. The van der Waals surface area contributed by atoms with Gasteiger partial charge < -0.3 is 5.73 Å². The summed E-state index contributed by atoms with van der Waals surface area (Å²) >= 11 is 0. The van der Waals surface area contributed by atoms with Crippen LogP contribution in [0.4, 0.5) is 0 Å². The molecule has 1 aliphatic rings. The second-order valence-corrected chi connectivity index (χ2v) is 6.03. The fourth-order valence-corrected chi connectivity index (χ4v) is 3.62. The van der Waals surface area contributed by atoms with Gasteiger partial charge in [0, 0.05) is 18.6 Å². The number of aromatic amines is 1. The lowest BCUT2D eigenvalue weighted by Gasteiger charge is -2.34. The van der Waals surface area contributed by atoms with Gasteiger partial charge in [0.05, 0.1) is 6.20 Å². The van der Waals surface area contributed by atoms with Gasteiger partial charge in [-0.05, 0) is 25.8 Å². The topological polar surface area (TPSA) is 92.1 Å². The molecule has 0 aliphatic carbocycles. The van der Waals surface area contributed by atoms with Gasteiger partial charge in [0.15, 0.2) is 5.03 Å². The van der Waals surface area contributed by atoms with Gasteiger partial charge >= 0.3 is 0 Å². The number of nitrogens with zero attached hydrogens (tertiary/aromatic N) is 2. The molecule has 0 amide bonds. The molecule has 1 aromatic heterocycles. The second kappa shape index (κ2) is 4.15. The van der Waals surface area contributed by atoms with Crippen LogP contribution in [0.25, 0.3) is 0 Å². The highest BCUT2D eigenvalue weighted by Crippen LogP contribution is 2.23. The SMILES string of the molecule is CC1CC(N)CCN1S(=O)(=O)c1ccn[nH]1. The summed E-state index contributed by atoms with van der Waals surface area (Å²) in [5.41, 5.74) is 5.81. The molecule has 1 aromatic rings. The van der Waals surface area contributed by atoms with Crippen molar-refractivity contribution in [3.8, 4) is 0 Å². The van der Waals surface area contributed by atoms with Crippen molar-refractivity contribution in [2.45, 2.75) is 36.9 Å². The first kappa shape index (κ1) is 11.6. The van der Waals surface area contributed by atoms with Crippen molar-refractivity contribution >= 4 is 10.0 Å². The standard InChI is InChI=1S/C9H16N4O2S/c1-7-6-8(10)3-5-13(7)16(14,15)9-2-4-11-12-9/h2,4,7-8H,3,5-6,10H2,1H3,(H,11,12). The molecule has 2 unspecified atom stereocenters. The minimum atomic E-state index is -3.43. The minimum absolute atomic E-state index is 0.0583. The molecule has 2 rings (SSSR count). The fraction of sp³-hybridized carbons (Fsp3) is 0.667. The molecular weight excluding hydrogens is 228 g/mol. The van der Waals surface area contributed by atoms with Gasteiger partial charge in [0.25, 0.3) is 10.0 Å². The van der Waals surface area contributed by atoms with E-state index in [9.17, 15) is 8.42 Å². The summed E-state index contributed by atoms with van der Waals surface area (Å²) in [6.45, 7) is 2.36. The molecule has 0 saturated carbocycles. The van der Waals surface area contributed by atoms with E-state index in [0.29, 0.717) is 19.4 Å². The van der Waals surface area contributed by atoms with Crippen molar-refractivity contribution in [1.82, 2.24) is 14.5 Å². The van der Waals surface area contributed by atoms with Gasteiger partial charge in [-0.15, -0.1) is 0 Å². The Kier molecular flexibility index (Phi) is 3.00. The summed E-state index contributed by atoms with van der Waals surface area (Å²) in [6, 6.07) is 1.51. The highest BCUT2D eigenvalue weighted by molar-refractivity contribution is 7.89. The summed E-state index contributed by atoms with van der Waals surface area (Å²) < 4.78 is 25.8. The molecule has 2 heterocycles. The zero-order chi connectivity index (χ0) is 11.8. The van der Waals surface area contributed by atoms with E-state index in [-0.39, 0.29) is 17.1 Å². The third kappa shape index (κ3) is 1.98. The van der Waals surface area contributed by atoms with E-state index in [0.717, 1.165) is 0 Å². The van der Waals surface area contributed by atoms with Crippen molar-refractivity contribution in [3.63, 3.8) is 0 Å². The first-order valence-electron chi connectivity index (χ1n) is 5.28. The number of H-pyrrole nitrogens is 1. The maximum absolute atomic E-state index is 12.2. The molecule has 0 aromatic carbocycles. The molecule has 16 heavy (non-hydrogen) atoms. The van der Waals surface area contributed by atoms with Crippen LogP contribution < -0.4 is 5.73 Å². The fourth-order valence-electron chi connectivity index (χ4n) is 2.06. The number of nitrogens with one attached hydrogen (secondary N) is 1. The summed E-state index contributed by atoms with van der Waals surface area (Å²) in [5.74, 6) is 0. The Morgan fingerprint density at radius 2 is 2.38 bits per heavy atom. The van der Waals surface area contributed by atoms with Gasteiger partial charge in [-0.1, -0.05) is 0 Å². The summed E-state index contributed by atoms with van der Waals surface area (Å²) in [6.07, 6.45) is 2.85. The predicted octanol–water partition coefficient (Wildman–Crippen LogP) is -0.0900. The number of hydrogen-bond donors (Lipinski definition) is 2. The Morgan fingerprint density at radius 3 is 2.94 bits per heavy atom. The predicted molar refractivity (Wildman–Crippen MR) is 59.2 cm³/mol. The van der Waals surface area contributed by atoms with E-state index in [2.05, 4.69) is 10.2 Å². The third-order valence-corrected chi connectivity index (χ3v) is 4.86. The van der Waals surface area contributed by atoms with Crippen LogP contribution >= 0.6 is 0 Å². The van der Waals surface area contributed by atoms with Gasteiger partial charge in [0.1, 0.15) is 0 Å². The first-order chi connectivity index (χ1) is 7.51. The smallest absolute Gasteiger partial charge is 0.260 e. The van der Waals surface area contributed by atoms with Gasteiger partial charge in [-0.25, -0.2) is 8.42 Å². The Bertz CT molecular complexity index is 442. The van der Waals surface area contributed by atoms with Crippen molar-refractivity contribution in [1.29, 1.82) is 0 Å². The molecule has 1 fully saturated rings. The normalized spacial score (nSPS) is 28.1. The van der Waals surface area contributed by atoms with E-state index in [4.69, 9.17) is 5.73 Å². The quantitative estimate of drug-likeness (QED) is 0.760. The van der Waals surface area contributed by atoms with Crippen LogP contribution in [0.3, 0.4) is 0 Å². The summed E-state index contributed by atoms with van der Waals surface area (Å²) in [4.78, 5) is 0. The number of rotatable bonds is 2. The van der Waals surface area contributed by atoms with Crippen LogP contribution in [-0.2, 0) is 10.0 Å². The van der Waals surface area contributed by atoms with Crippen LogP contribution in [0.5, 0.6) is 0 Å². The van der Waals surface area contributed by atoms with Crippen molar-refractivity contribution in [3.05, 3.63) is 12.3 Å². The van der Waals surface area contributed by atoms with Crippen LogP contribution in [0.1, 0.15) is 19.8 Å². The molecule has 7 heteroatoms. The maximum atomic E-state index is 12.2. The second-order valence-electron chi connectivity index (χ2n) is 4.17. The number of hydrogen-bond acceptors (Lipinski definition) is 4. The Hall–Kier alpha value is -0.920. The van der Waals surface area contributed by atoms with Crippen LogP contribution in [-0.4, -0.2) is 41.5 Å². The lowest BCUT2D eigenvalue weighted by Crippen LogP contribution is -2.48.